The summed E-state index contributed by atoms with van der Waals surface area (Å²) in [5.41, 5.74) is 1.46. The van der Waals surface area contributed by atoms with Crippen LogP contribution in [0.2, 0.25) is 0 Å². The molecule has 1 unspecified atom stereocenters. The number of hydrogen-bond donors (Lipinski definition) is 0. The Hall–Kier alpha value is -1.80. The lowest BCUT2D eigenvalue weighted by Crippen LogP contribution is -2.35. The normalized spacial score (nSPS) is 22.4. The van der Waals surface area contributed by atoms with Crippen molar-refractivity contribution in [1.29, 1.82) is 0 Å². The first kappa shape index (κ1) is 14.5. The third-order valence-electron chi connectivity index (χ3n) is 5.26. The van der Waals surface area contributed by atoms with Gasteiger partial charge in [0.15, 0.2) is 0 Å². The van der Waals surface area contributed by atoms with Gasteiger partial charge in [-0.3, -0.25) is 0 Å². The number of hydrogen-bond acceptors (Lipinski definition) is 7. The average molecular weight is 343 g/mol. The molecule has 0 amide bonds. The zero-order valence-electron chi connectivity index (χ0n) is 14.1. The van der Waals surface area contributed by atoms with Gasteiger partial charge in [0.1, 0.15) is 10.6 Å². The molecule has 1 fully saturated rings. The van der Waals surface area contributed by atoms with Crippen molar-refractivity contribution in [2.45, 2.75) is 32.7 Å². The Morgan fingerprint density at radius 1 is 1.25 bits per heavy atom. The van der Waals surface area contributed by atoms with E-state index in [2.05, 4.69) is 39.3 Å². The SMILES string of the molecule is CC1CCCN(c2nc3nnnn3c3sc4c(c23)CCN(C)C4)C1. The number of aromatic nitrogens is 5. The third-order valence-corrected chi connectivity index (χ3v) is 6.45. The van der Waals surface area contributed by atoms with Gasteiger partial charge < -0.3 is 9.80 Å². The zero-order chi connectivity index (χ0) is 16.3. The first-order chi connectivity index (χ1) is 11.7. The van der Waals surface area contributed by atoms with Crippen molar-refractivity contribution >= 4 is 33.1 Å². The maximum absolute atomic E-state index is 4.87. The van der Waals surface area contributed by atoms with Crippen LogP contribution in [0.5, 0.6) is 0 Å². The van der Waals surface area contributed by atoms with Crippen LogP contribution in [0.1, 0.15) is 30.2 Å². The van der Waals surface area contributed by atoms with Crippen LogP contribution in [-0.4, -0.2) is 56.6 Å². The van der Waals surface area contributed by atoms with Crippen LogP contribution in [0.3, 0.4) is 0 Å². The smallest absolute Gasteiger partial charge is 0.276 e. The van der Waals surface area contributed by atoms with E-state index < -0.39 is 0 Å². The van der Waals surface area contributed by atoms with Crippen molar-refractivity contribution in [2.24, 2.45) is 5.92 Å². The zero-order valence-corrected chi connectivity index (χ0v) is 14.9. The fourth-order valence-electron chi connectivity index (χ4n) is 4.04. The second-order valence-electron chi connectivity index (χ2n) is 7.19. The summed E-state index contributed by atoms with van der Waals surface area (Å²) in [5.74, 6) is 2.42. The van der Waals surface area contributed by atoms with E-state index in [1.54, 1.807) is 0 Å². The molecule has 126 valence electrons. The highest BCUT2D eigenvalue weighted by Crippen LogP contribution is 2.40. The minimum atomic E-state index is 0.614. The summed E-state index contributed by atoms with van der Waals surface area (Å²) in [6.07, 6.45) is 3.62. The van der Waals surface area contributed by atoms with Crippen LogP contribution in [-0.2, 0) is 13.0 Å². The van der Waals surface area contributed by atoms with Gasteiger partial charge in [-0.05, 0) is 48.2 Å². The van der Waals surface area contributed by atoms with Crippen molar-refractivity contribution in [3.8, 4) is 0 Å². The van der Waals surface area contributed by atoms with Crippen LogP contribution in [0, 0.1) is 5.92 Å². The molecule has 7 nitrogen and oxygen atoms in total. The van der Waals surface area contributed by atoms with Gasteiger partial charge in [0.2, 0.25) is 0 Å². The largest absolute Gasteiger partial charge is 0.356 e. The summed E-state index contributed by atoms with van der Waals surface area (Å²) >= 11 is 1.83. The van der Waals surface area contributed by atoms with Gasteiger partial charge in [0.25, 0.3) is 5.78 Å². The summed E-state index contributed by atoms with van der Waals surface area (Å²) in [5, 5.41) is 13.4. The molecule has 3 aromatic heterocycles. The molecular formula is C16H21N7S. The standard InChI is InChI=1S/C16H21N7S/c1-10-4-3-6-22(8-10)14-13-11-5-7-21(2)9-12(11)24-15(13)23-16(17-14)18-19-20-23/h10H,3-9H2,1-2H3. The number of nitrogens with zero attached hydrogens (tertiary/aromatic N) is 7. The Bertz CT molecular complexity index is 914. The summed E-state index contributed by atoms with van der Waals surface area (Å²) in [6.45, 7) is 6.59. The van der Waals surface area contributed by atoms with Gasteiger partial charge >= 0.3 is 0 Å². The molecule has 2 aliphatic rings. The quantitative estimate of drug-likeness (QED) is 0.673. The molecule has 1 saturated heterocycles. The van der Waals surface area contributed by atoms with E-state index in [4.69, 9.17) is 4.98 Å². The first-order valence-electron chi connectivity index (χ1n) is 8.66. The van der Waals surface area contributed by atoms with Gasteiger partial charge in [-0.1, -0.05) is 12.0 Å². The van der Waals surface area contributed by atoms with Crippen LogP contribution in [0.25, 0.3) is 16.0 Å². The molecule has 8 heteroatoms. The number of piperidine rings is 1. The number of thiophene rings is 1. The van der Waals surface area contributed by atoms with E-state index >= 15 is 0 Å². The van der Waals surface area contributed by atoms with Crippen LogP contribution < -0.4 is 4.90 Å². The minimum Gasteiger partial charge on any atom is -0.356 e. The highest BCUT2D eigenvalue weighted by Gasteiger charge is 2.28. The number of rotatable bonds is 1. The van der Waals surface area contributed by atoms with Gasteiger partial charge in [0, 0.05) is 31.1 Å². The molecule has 3 aromatic rings. The Labute approximate surface area is 144 Å². The Morgan fingerprint density at radius 2 is 2.17 bits per heavy atom. The molecular weight excluding hydrogens is 322 g/mol. The van der Waals surface area contributed by atoms with Crippen LogP contribution in [0.4, 0.5) is 5.82 Å². The van der Waals surface area contributed by atoms with Crippen molar-refractivity contribution in [3.05, 3.63) is 10.4 Å². The monoisotopic (exact) mass is 343 g/mol. The molecule has 24 heavy (non-hydrogen) atoms. The van der Waals surface area contributed by atoms with E-state index in [1.807, 2.05) is 15.9 Å². The minimum absolute atomic E-state index is 0.614. The van der Waals surface area contributed by atoms with Crippen LogP contribution >= 0.6 is 11.3 Å². The second-order valence-corrected chi connectivity index (χ2v) is 8.27. The molecule has 5 heterocycles. The van der Waals surface area contributed by atoms with E-state index in [9.17, 15) is 0 Å². The molecule has 0 aliphatic carbocycles. The maximum Gasteiger partial charge on any atom is 0.276 e. The lowest BCUT2D eigenvalue weighted by molar-refractivity contribution is 0.318. The molecule has 0 bridgehead atoms. The van der Waals surface area contributed by atoms with E-state index in [0.29, 0.717) is 11.7 Å². The van der Waals surface area contributed by atoms with Crippen LogP contribution in [0.15, 0.2) is 0 Å². The fourth-order valence-corrected chi connectivity index (χ4v) is 5.41. The van der Waals surface area contributed by atoms with E-state index in [1.165, 1.54) is 28.7 Å². The van der Waals surface area contributed by atoms with Gasteiger partial charge in [-0.15, -0.1) is 11.3 Å². The molecule has 0 saturated carbocycles. The number of anilines is 1. The van der Waals surface area contributed by atoms with E-state index in [0.717, 1.165) is 43.2 Å². The maximum atomic E-state index is 4.87. The lowest BCUT2D eigenvalue weighted by Gasteiger charge is -2.32. The molecule has 5 rings (SSSR count). The van der Waals surface area contributed by atoms with Gasteiger partial charge in [0.05, 0.1) is 5.39 Å². The fraction of sp³-hybridized carbons (Fsp3) is 0.625. The summed E-state index contributed by atoms with van der Waals surface area (Å²) in [4.78, 5) is 12.3. The lowest BCUT2D eigenvalue weighted by atomic mass is 9.99. The average Bonchev–Trinajstić information content (AvgIpc) is 3.17. The predicted octanol–water partition coefficient (Wildman–Crippen LogP) is 1.96. The molecule has 0 spiro atoms. The van der Waals surface area contributed by atoms with Gasteiger partial charge in [-0.25, -0.2) is 0 Å². The molecule has 1 atom stereocenters. The first-order valence-corrected chi connectivity index (χ1v) is 9.48. The number of tetrazole rings is 1. The highest BCUT2D eigenvalue weighted by atomic mass is 32.1. The van der Waals surface area contributed by atoms with Gasteiger partial charge in [-0.2, -0.15) is 9.50 Å². The summed E-state index contributed by atoms with van der Waals surface area (Å²) in [6, 6.07) is 0. The topological polar surface area (TPSA) is 62.5 Å². The Balaban J connectivity index is 1.77. The van der Waals surface area contributed by atoms with Crippen molar-refractivity contribution < 1.29 is 0 Å². The number of fused-ring (bicyclic) bond motifs is 5. The summed E-state index contributed by atoms with van der Waals surface area (Å²) in [7, 11) is 2.19. The van der Waals surface area contributed by atoms with E-state index in [-0.39, 0.29) is 0 Å². The molecule has 0 aromatic carbocycles. The highest BCUT2D eigenvalue weighted by molar-refractivity contribution is 7.19. The molecule has 2 aliphatic heterocycles. The predicted molar refractivity (Wildman–Crippen MR) is 94.6 cm³/mol. The molecule has 0 N–H and O–H groups in total. The van der Waals surface area contributed by atoms with Crippen molar-refractivity contribution in [2.75, 3.05) is 31.6 Å². The Morgan fingerprint density at radius 3 is 3.04 bits per heavy atom. The summed E-state index contributed by atoms with van der Waals surface area (Å²) < 4.78 is 1.81. The second kappa shape index (κ2) is 5.35. The molecule has 0 radical (unpaired) electrons. The Kier molecular flexibility index (Phi) is 3.24. The van der Waals surface area contributed by atoms with Crippen molar-refractivity contribution in [1.82, 2.24) is 29.9 Å². The van der Waals surface area contributed by atoms with Crippen molar-refractivity contribution in [3.63, 3.8) is 0 Å². The number of likely N-dealkylation sites (N-methyl/N-ethyl adjacent to an activating group) is 1. The third kappa shape index (κ3) is 2.12.